The molecule has 0 bridgehead atoms. The molecule has 0 radical (unpaired) electrons. The Morgan fingerprint density at radius 3 is 2.47 bits per heavy atom. The molecule has 11 nitrogen and oxygen atoms in total. The van der Waals surface area contributed by atoms with Gasteiger partial charge in [0.25, 0.3) is 5.91 Å². The fourth-order valence-electron chi connectivity index (χ4n) is 9.64. The average molecular weight is 747 g/mol. The largest absolute Gasteiger partial charge is 0.497 e. The van der Waals surface area contributed by atoms with Crippen LogP contribution in [0.3, 0.4) is 0 Å². The van der Waals surface area contributed by atoms with Crippen LogP contribution in [0.4, 0.5) is 0 Å². The molecule has 2 aliphatic heterocycles. The van der Waals surface area contributed by atoms with Crippen molar-refractivity contribution in [3.63, 3.8) is 0 Å². The number of likely N-dealkylation sites (tertiary alicyclic amines) is 1. The van der Waals surface area contributed by atoms with E-state index in [1.807, 2.05) is 18.2 Å². The zero-order valence-corrected chi connectivity index (χ0v) is 33.4. The number of benzene rings is 2. The van der Waals surface area contributed by atoms with Gasteiger partial charge in [-0.2, -0.15) is 12.7 Å². The van der Waals surface area contributed by atoms with Crippen molar-refractivity contribution >= 4 is 32.9 Å². The number of methoxy groups -OCH3 is 1. The maximum absolute atomic E-state index is 15.4. The van der Waals surface area contributed by atoms with Gasteiger partial charge in [0.15, 0.2) is 0 Å². The molecule has 2 aliphatic carbocycles. The van der Waals surface area contributed by atoms with Crippen LogP contribution < -0.4 is 14.8 Å². The molecule has 5 atom stereocenters. The summed E-state index contributed by atoms with van der Waals surface area (Å²) in [6.45, 7) is 6.81. The van der Waals surface area contributed by atoms with Crippen LogP contribution in [0.1, 0.15) is 105 Å². The highest BCUT2D eigenvalue weighted by molar-refractivity contribution is 7.87. The first-order chi connectivity index (χ1) is 25.3. The van der Waals surface area contributed by atoms with Gasteiger partial charge in [0, 0.05) is 79.8 Å². The maximum atomic E-state index is 15.4. The van der Waals surface area contributed by atoms with E-state index in [9.17, 15) is 13.2 Å². The first-order valence-electron chi connectivity index (χ1n) is 19.6. The number of ether oxygens (including phenoxy) is 1. The zero-order valence-electron chi connectivity index (χ0n) is 32.6. The lowest BCUT2D eigenvalue weighted by atomic mass is 9.81. The number of likely N-dealkylation sites (N-methyl/N-ethyl adjacent to an activating group) is 1. The lowest BCUT2D eigenvalue weighted by molar-refractivity contribution is -0.140. The van der Waals surface area contributed by atoms with E-state index in [1.54, 1.807) is 13.2 Å². The number of carbonyl (C=O) groups excluding carboxylic acids is 2. The lowest BCUT2D eigenvalue weighted by Crippen LogP contribution is -2.48. The Kier molecular flexibility index (Phi) is 10.5. The summed E-state index contributed by atoms with van der Waals surface area (Å²) in [7, 11) is 4.67. The molecule has 288 valence electrons. The van der Waals surface area contributed by atoms with Gasteiger partial charge >= 0.3 is 10.2 Å². The van der Waals surface area contributed by atoms with Gasteiger partial charge < -0.3 is 24.4 Å². The Bertz CT molecular complexity index is 1990. The predicted molar refractivity (Wildman–Crippen MR) is 210 cm³/mol. The average Bonchev–Trinajstić information content (AvgIpc) is 3.66. The number of nitrogens with zero attached hydrogens (tertiary/aromatic N) is 4. The minimum atomic E-state index is -3.98. The molecule has 2 N–H and O–H groups in total. The number of rotatable bonds is 12. The molecule has 7 rings (SSSR count). The van der Waals surface area contributed by atoms with Gasteiger partial charge in [-0.25, -0.2) is 4.72 Å². The van der Waals surface area contributed by atoms with Crippen LogP contribution in [-0.4, -0.2) is 105 Å². The summed E-state index contributed by atoms with van der Waals surface area (Å²) in [5, 5.41) is 4.76. The number of nitrogens with one attached hydrogen (secondary N) is 2. The first-order valence-corrected chi connectivity index (χ1v) is 21.0. The van der Waals surface area contributed by atoms with E-state index >= 15 is 4.79 Å². The maximum Gasteiger partial charge on any atom is 0.303 e. The Hall–Kier alpha value is -3.45. The third kappa shape index (κ3) is 7.00. The summed E-state index contributed by atoms with van der Waals surface area (Å²) >= 11 is 0. The molecule has 12 heteroatoms. The van der Waals surface area contributed by atoms with Crippen molar-refractivity contribution < 1.29 is 22.7 Å². The van der Waals surface area contributed by atoms with E-state index < -0.39 is 21.5 Å². The van der Waals surface area contributed by atoms with Crippen LogP contribution >= 0.6 is 0 Å². The highest BCUT2D eigenvalue weighted by Crippen LogP contribution is 2.66. The van der Waals surface area contributed by atoms with Gasteiger partial charge in [-0.3, -0.25) is 9.59 Å². The van der Waals surface area contributed by atoms with Gasteiger partial charge in [-0.05, 0) is 114 Å². The van der Waals surface area contributed by atoms with Crippen molar-refractivity contribution in [1.29, 1.82) is 0 Å². The fourth-order valence-corrected chi connectivity index (χ4v) is 10.2. The molecular weight excluding hydrogens is 689 g/mol. The van der Waals surface area contributed by atoms with Gasteiger partial charge in [-0.1, -0.05) is 25.3 Å². The van der Waals surface area contributed by atoms with Gasteiger partial charge in [0.2, 0.25) is 5.91 Å². The second-order valence-electron chi connectivity index (χ2n) is 16.7. The first kappa shape index (κ1) is 37.8. The molecule has 2 saturated carbocycles. The van der Waals surface area contributed by atoms with Crippen molar-refractivity contribution in [2.45, 2.75) is 108 Å². The molecule has 2 amide bonds. The molecule has 53 heavy (non-hydrogen) atoms. The third-order valence-electron chi connectivity index (χ3n) is 12.6. The van der Waals surface area contributed by atoms with Gasteiger partial charge in [0.1, 0.15) is 5.75 Å². The monoisotopic (exact) mass is 746 g/mol. The molecule has 4 aliphatic rings. The summed E-state index contributed by atoms with van der Waals surface area (Å²) in [6, 6.07) is 12.5. The highest BCUT2D eigenvalue weighted by Gasteiger charge is 2.65. The normalized spacial score (nSPS) is 24.8. The summed E-state index contributed by atoms with van der Waals surface area (Å²) < 4.78 is 36.7. The van der Waals surface area contributed by atoms with Crippen LogP contribution in [0.15, 0.2) is 36.4 Å². The topological polar surface area (TPSA) is 116 Å². The van der Waals surface area contributed by atoms with E-state index in [1.165, 1.54) is 26.1 Å². The number of hydrogen-bond donors (Lipinski definition) is 2. The van der Waals surface area contributed by atoms with E-state index in [2.05, 4.69) is 64.5 Å². The van der Waals surface area contributed by atoms with E-state index in [-0.39, 0.29) is 35.5 Å². The van der Waals surface area contributed by atoms with Crippen molar-refractivity contribution in [1.82, 2.24) is 28.7 Å². The minimum Gasteiger partial charge on any atom is -0.497 e. The molecule has 2 aromatic carbocycles. The smallest absolute Gasteiger partial charge is 0.303 e. The van der Waals surface area contributed by atoms with Gasteiger partial charge in [0.05, 0.1) is 18.2 Å². The number of fused-ring (bicyclic) bond motifs is 7. The molecule has 3 aromatic rings. The van der Waals surface area contributed by atoms with E-state index in [0.717, 1.165) is 102 Å². The summed E-state index contributed by atoms with van der Waals surface area (Å²) in [5.41, 5.74) is 5.21. The van der Waals surface area contributed by atoms with Crippen LogP contribution in [0.2, 0.25) is 0 Å². The predicted octanol–water partition coefficient (Wildman–Crippen LogP) is 5.70. The van der Waals surface area contributed by atoms with Crippen LogP contribution in [-0.2, 0) is 21.5 Å². The summed E-state index contributed by atoms with van der Waals surface area (Å²) in [6.07, 6.45) is 9.36. The fraction of sp³-hybridized carbons (Fsp3) is 0.610. The second kappa shape index (κ2) is 14.7. The third-order valence-corrected chi connectivity index (χ3v) is 14.0. The van der Waals surface area contributed by atoms with Gasteiger partial charge in [-0.15, -0.1) is 0 Å². The van der Waals surface area contributed by atoms with Crippen molar-refractivity contribution in [2.24, 2.45) is 5.41 Å². The number of hydrogen-bond acceptors (Lipinski definition) is 7. The second-order valence-corrected chi connectivity index (χ2v) is 18.6. The number of aromatic nitrogens is 1. The molecule has 1 saturated heterocycles. The minimum absolute atomic E-state index is 0.0371. The molecule has 3 fully saturated rings. The summed E-state index contributed by atoms with van der Waals surface area (Å²) in [4.78, 5) is 33.3. The van der Waals surface area contributed by atoms with Crippen molar-refractivity contribution in [3.8, 4) is 17.0 Å². The Labute approximate surface area is 315 Å². The molecular formula is C41H58N6O5S. The SMILES string of the molecule is COc1ccc2c(c1)C1CC1(C(=O)N1C(C)CCC1CC(C)NCCN(C)C)Cn1c-2c(C2CCCCC2)c2ccc(C(=O)NS(=O)(=O)N(C)C)cc21. The molecule has 1 aromatic heterocycles. The van der Waals surface area contributed by atoms with Crippen molar-refractivity contribution in [2.75, 3.05) is 48.4 Å². The van der Waals surface area contributed by atoms with Crippen LogP contribution in [0, 0.1) is 5.41 Å². The Balaban J connectivity index is 1.34. The lowest BCUT2D eigenvalue weighted by Gasteiger charge is -2.34. The summed E-state index contributed by atoms with van der Waals surface area (Å²) in [5.74, 6) is 0.719. The Morgan fingerprint density at radius 1 is 1.02 bits per heavy atom. The number of amides is 2. The quantitative estimate of drug-likeness (QED) is 0.245. The molecule has 3 heterocycles. The van der Waals surface area contributed by atoms with Crippen molar-refractivity contribution in [3.05, 3.63) is 53.1 Å². The van der Waals surface area contributed by atoms with E-state index in [0.29, 0.717) is 12.5 Å². The van der Waals surface area contributed by atoms with Crippen LogP contribution in [0.25, 0.3) is 22.2 Å². The Morgan fingerprint density at radius 2 is 1.77 bits per heavy atom. The number of carbonyl (C=O) groups is 2. The van der Waals surface area contributed by atoms with Crippen LogP contribution in [0.5, 0.6) is 5.75 Å². The van der Waals surface area contributed by atoms with E-state index in [4.69, 9.17) is 4.74 Å². The zero-order chi connectivity index (χ0) is 37.8. The highest BCUT2D eigenvalue weighted by atomic mass is 32.2. The molecule has 5 unspecified atom stereocenters. The molecule has 0 spiro atoms. The standard InChI is InChI=1S/C41H58N6O5S/c1-26(42-19-20-44(3)4)21-30-15-13-27(2)47(30)40(49)41-24-35(41)34-23-31(52-7)16-18-32(34)38-37(28-11-9-8-10-12-28)33-17-14-29(22-36(33)46(38)25-41)39(48)43-53(50,51)45(5)6/h14,16-18,22-23,26-28,30,35,42H,8-13,15,19-21,24-25H2,1-7H3,(H,43,48).